The lowest BCUT2D eigenvalue weighted by atomic mass is 10.0. The van der Waals surface area contributed by atoms with E-state index in [0.717, 1.165) is 12.8 Å². The van der Waals surface area contributed by atoms with Crippen molar-refractivity contribution >= 4 is 5.97 Å². The van der Waals surface area contributed by atoms with Crippen molar-refractivity contribution in [2.24, 2.45) is 5.92 Å². The summed E-state index contributed by atoms with van der Waals surface area (Å²) < 4.78 is 18.3. The average molecular weight is 224 g/mol. The molecule has 0 amide bonds. The second kappa shape index (κ2) is 6.26. The van der Waals surface area contributed by atoms with E-state index in [0.29, 0.717) is 5.56 Å². The van der Waals surface area contributed by atoms with Crippen molar-refractivity contribution in [2.45, 2.75) is 33.3 Å². The van der Waals surface area contributed by atoms with E-state index in [1.807, 2.05) is 13.8 Å². The molecule has 0 atom stereocenters. The quantitative estimate of drug-likeness (QED) is 0.717. The van der Waals surface area contributed by atoms with E-state index in [9.17, 15) is 9.18 Å². The molecule has 0 aromatic heterocycles. The van der Waals surface area contributed by atoms with E-state index in [1.165, 1.54) is 6.07 Å². The van der Waals surface area contributed by atoms with Gasteiger partial charge in [-0.3, -0.25) is 4.79 Å². The highest BCUT2D eigenvalue weighted by atomic mass is 19.1. The fourth-order valence-corrected chi connectivity index (χ4v) is 1.50. The number of hydrogen-bond donors (Lipinski definition) is 0. The van der Waals surface area contributed by atoms with Gasteiger partial charge in [0.2, 0.25) is 0 Å². The number of rotatable bonds is 5. The molecule has 2 nitrogen and oxygen atoms in total. The van der Waals surface area contributed by atoms with E-state index in [-0.39, 0.29) is 24.3 Å². The summed E-state index contributed by atoms with van der Waals surface area (Å²) in [7, 11) is 0. The van der Waals surface area contributed by atoms with Crippen molar-refractivity contribution in [3.05, 3.63) is 35.6 Å². The van der Waals surface area contributed by atoms with E-state index >= 15 is 0 Å². The summed E-state index contributed by atoms with van der Waals surface area (Å²) in [6.45, 7) is 3.90. The molecule has 0 aliphatic carbocycles. The number of benzene rings is 1. The number of carbonyl (C=O) groups excluding carboxylic acids is 1. The molecule has 0 aliphatic rings. The third-order valence-corrected chi connectivity index (χ3v) is 2.65. The van der Waals surface area contributed by atoms with Gasteiger partial charge in [-0.15, -0.1) is 0 Å². The number of esters is 1. The van der Waals surface area contributed by atoms with Gasteiger partial charge in [-0.05, 0) is 18.9 Å². The monoisotopic (exact) mass is 224 g/mol. The van der Waals surface area contributed by atoms with Crippen molar-refractivity contribution in [1.29, 1.82) is 0 Å². The SMILES string of the molecule is CCC(CC)C(=O)OCc1ccccc1F. The number of hydrogen-bond acceptors (Lipinski definition) is 2. The molecule has 16 heavy (non-hydrogen) atoms. The summed E-state index contributed by atoms with van der Waals surface area (Å²) in [5.74, 6) is -0.653. The Morgan fingerprint density at radius 3 is 2.50 bits per heavy atom. The maximum absolute atomic E-state index is 13.2. The second-order valence-corrected chi connectivity index (χ2v) is 3.71. The molecule has 0 saturated carbocycles. The lowest BCUT2D eigenvalue weighted by Gasteiger charge is -2.12. The Labute approximate surface area is 95.4 Å². The Hall–Kier alpha value is -1.38. The fraction of sp³-hybridized carbons (Fsp3) is 0.462. The molecular weight excluding hydrogens is 207 g/mol. The minimum atomic E-state index is -0.333. The van der Waals surface area contributed by atoms with Crippen molar-refractivity contribution < 1.29 is 13.9 Å². The summed E-state index contributed by atoms with van der Waals surface area (Å²) in [6.07, 6.45) is 1.51. The van der Waals surface area contributed by atoms with E-state index in [1.54, 1.807) is 18.2 Å². The van der Waals surface area contributed by atoms with Gasteiger partial charge in [0.1, 0.15) is 12.4 Å². The Morgan fingerprint density at radius 1 is 1.31 bits per heavy atom. The van der Waals surface area contributed by atoms with Crippen LogP contribution in [0.15, 0.2) is 24.3 Å². The zero-order chi connectivity index (χ0) is 12.0. The van der Waals surface area contributed by atoms with Crippen molar-refractivity contribution in [3.63, 3.8) is 0 Å². The lowest BCUT2D eigenvalue weighted by Crippen LogP contribution is -2.16. The van der Waals surface area contributed by atoms with Gasteiger partial charge in [0.05, 0.1) is 5.92 Å². The molecule has 88 valence electrons. The normalized spacial score (nSPS) is 10.5. The van der Waals surface area contributed by atoms with Crippen LogP contribution in [0.2, 0.25) is 0 Å². The summed E-state index contributed by atoms with van der Waals surface area (Å²) in [4.78, 5) is 11.5. The Morgan fingerprint density at radius 2 is 1.94 bits per heavy atom. The number of halogens is 1. The van der Waals surface area contributed by atoms with E-state index in [2.05, 4.69) is 0 Å². The second-order valence-electron chi connectivity index (χ2n) is 3.71. The first kappa shape index (κ1) is 12.7. The molecule has 0 N–H and O–H groups in total. The molecule has 0 radical (unpaired) electrons. The van der Waals surface area contributed by atoms with Gasteiger partial charge in [0.25, 0.3) is 0 Å². The van der Waals surface area contributed by atoms with Crippen LogP contribution in [0, 0.1) is 11.7 Å². The molecule has 0 spiro atoms. The van der Waals surface area contributed by atoms with Crippen LogP contribution in [-0.4, -0.2) is 5.97 Å². The molecule has 1 aromatic carbocycles. The zero-order valence-electron chi connectivity index (χ0n) is 9.70. The topological polar surface area (TPSA) is 26.3 Å². The fourth-order valence-electron chi connectivity index (χ4n) is 1.50. The highest BCUT2D eigenvalue weighted by molar-refractivity contribution is 5.72. The first-order valence-corrected chi connectivity index (χ1v) is 5.59. The molecule has 0 heterocycles. The smallest absolute Gasteiger partial charge is 0.309 e. The number of carbonyl (C=O) groups is 1. The van der Waals surface area contributed by atoms with Gasteiger partial charge in [-0.25, -0.2) is 4.39 Å². The van der Waals surface area contributed by atoms with Gasteiger partial charge in [-0.2, -0.15) is 0 Å². The largest absolute Gasteiger partial charge is 0.460 e. The van der Waals surface area contributed by atoms with Crippen LogP contribution in [-0.2, 0) is 16.1 Å². The van der Waals surface area contributed by atoms with E-state index in [4.69, 9.17) is 4.74 Å². The molecule has 1 aromatic rings. The number of ether oxygens (including phenoxy) is 1. The van der Waals surface area contributed by atoms with Crippen LogP contribution in [0.25, 0.3) is 0 Å². The Balaban J connectivity index is 2.52. The summed E-state index contributed by atoms with van der Waals surface area (Å²) in [6, 6.07) is 6.32. The van der Waals surface area contributed by atoms with Gasteiger partial charge in [0, 0.05) is 5.56 Å². The molecule has 0 unspecified atom stereocenters. The van der Waals surface area contributed by atoms with Gasteiger partial charge < -0.3 is 4.74 Å². The lowest BCUT2D eigenvalue weighted by molar-refractivity contribution is -0.150. The molecule has 0 bridgehead atoms. The van der Waals surface area contributed by atoms with Crippen LogP contribution in [0.3, 0.4) is 0 Å². The molecule has 0 fully saturated rings. The molecule has 0 saturated heterocycles. The predicted octanol–water partition coefficient (Wildman–Crippen LogP) is 3.31. The van der Waals surface area contributed by atoms with Crippen LogP contribution >= 0.6 is 0 Å². The Kier molecular flexibility index (Phi) is 4.96. The Bertz CT molecular complexity index is 346. The van der Waals surface area contributed by atoms with Gasteiger partial charge in [-0.1, -0.05) is 32.0 Å². The summed E-state index contributed by atoms with van der Waals surface area (Å²) >= 11 is 0. The molecule has 3 heteroatoms. The molecule has 0 aliphatic heterocycles. The summed E-state index contributed by atoms with van der Waals surface area (Å²) in [5, 5.41) is 0. The zero-order valence-corrected chi connectivity index (χ0v) is 9.70. The third kappa shape index (κ3) is 3.33. The van der Waals surface area contributed by atoms with Crippen molar-refractivity contribution in [3.8, 4) is 0 Å². The third-order valence-electron chi connectivity index (χ3n) is 2.65. The standard InChI is InChI=1S/C13H17FO2/c1-3-10(4-2)13(15)16-9-11-7-5-6-8-12(11)14/h5-8,10H,3-4,9H2,1-2H3. The van der Waals surface area contributed by atoms with Crippen LogP contribution < -0.4 is 0 Å². The minimum absolute atomic E-state index is 0.0159. The molecular formula is C13H17FO2. The highest BCUT2D eigenvalue weighted by Crippen LogP contribution is 2.13. The van der Waals surface area contributed by atoms with Crippen LogP contribution in [0.1, 0.15) is 32.3 Å². The minimum Gasteiger partial charge on any atom is -0.460 e. The van der Waals surface area contributed by atoms with Gasteiger partial charge in [0.15, 0.2) is 0 Å². The summed E-state index contributed by atoms with van der Waals surface area (Å²) in [5.41, 5.74) is 0.418. The van der Waals surface area contributed by atoms with Crippen molar-refractivity contribution in [1.82, 2.24) is 0 Å². The van der Waals surface area contributed by atoms with Crippen molar-refractivity contribution in [2.75, 3.05) is 0 Å². The first-order valence-electron chi connectivity index (χ1n) is 5.59. The van der Waals surface area contributed by atoms with E-state index < -0.39 is 0 Å². The van der Waals surface area contributed by atoms with Crippen LogP contribution in [0.5, 0.6) is 0 Å². The highest BCUT2D eigenvalue weighted by Gasteiger charge is 2.16. The average Bonchev–Trinajstić information content (AvgIpc) is 2.29. The first-order chi connectivity index (χ1) is 7.69. The maximum Gasteiger partial charge on any atom is 0.309 e. The van der Waals surface area contributed by atoms with Gasteiger partial charge >= 0.3 is 5.97 Å². The predicted molar refractivity (Wildman–Crippen MR) is 60.3 cm³/mol. The molecule has 1 rings (SSSR count). The maximum atomic E-state index is 13.2. The van der Waals surface area contributed by atoms with Crippen LogP contribution in [0.4, 0.5) is 4.39 Å².